The molecule has 6 heteroatoms. The number of nitrogens with one attached hydrogen (secondary N) is 1. The van der Waals surface area contributed by atoms with E-state index in [4.69, 9.17) is 16.7 Å². The molecule has 0 saturated carbocycles. The fourth-order valence-corrected chi connectivity index (χ4v) is 1.60. The van der Waals surface area contributed by atoms with Gasteiger partial charge in [-0.15, -0.1) is 0 Å². The maximum Gasteiger partial charge on any atom is 0.303 e. The molecule has 3 N–H and O–H groups in total. The van der Waals surface area contributed by atoms with Crippen molar-refractivity contribution < 1.29 is 19.8 Å². The van der Waals surface area contributed by atoms with Gasteiger partial charge in [0.05, 0.1) is 10.6 Å². The first-order valence-electron chi connectivity index (χ1n) is 5.41. The van der Waals surface area contributed by atoms with Crippen molar-refractivity contribution in [3.05, 3.63) is 28.8 Å². The lowest BCUT2D eigenvalue weighted by Crippen LogP contribution is -2.33. The van der Waals surface area contributed by atoms with Gasteiger partial charge in [0, 0.05) is 12.5 Å². The number of benzene rings is 1. The molecule has 1 unspecified atom stereocenters. The number of hydrogen-bond donors (Lipinski definition) is 3. The fraction of sp³-hybridized carbons (Fsp3) is 0.333. The minimum atomic E-state index is -0.911. The second kappa shape index (κ2) is 6.26. The van der Waals surface area contributed by atoms with E-state index in [1.807, 2.05) is 0 Å². The molecule has 0 aliphatic heterocycles. The summed E-state index contributed by atoms with van der Waals surface area (Å²) in [5.74, 6) is -1.40. The Morgan fingerprint density at radius 3 is 2.72 bits per heavy atom. The van der Waals surface area contributed by atoms with E-state index in [2.05, 4.69) is 5.32 Å². The first kappa shape index (κ1) is 14.3. The van der Waals surface area contributed by atoms with Crippen LogP contribution in [-0.2, 0) is 4.79 Å². The minimum Gasteiger partial charge on any atom is -0.508 e. The Morgan fingerprint density at radius 2 is 2.11 bits per heavy atom. The SMILES string of the molecule is CC(CCC(=O)O)NC(=O)c1cc(O)ccc1Cl. The van der Waals surface area contributed by atoms with E-state index in [-0.39, 0.29) is 28.8 Å². The van der Waals surface area contributed by atoms with E-state index >= 15 is 0 Å². The van der Waals surface area contributed by atoms with Gasteiger partial charge in [0.25, 0.3) is 5.91 Å². The molecule has 0 aromatic heterocycles. The molecule has 1 aromatic carbocycles. The van der Waals surface area contributed by atoms with Crippen LogP contribution in [0, 0.1) is 0 Å². The van der Waals surface area contributed by atoms with Crippen LogP contribution >= 0.6 is 11.6 Å². The third kappa shape index (κ3) is 4.25. The highest BCUT2D eigenvalue weighted by Crippen LogP contribution is 2.21. The average molecular weight is 272 g/mol. The van der Waals surface area contributed by atoms with Crippen molar-refractivity contribution in [1.82, 2.24) is 5.32 Å². The number of carboxylic acid groups (broad SMARTS) is 1. The van der Waals surface area contributed by atoms with Crippen molar-refractivity contribution in [3.63, 3.8) is 0 Å². The van der Waals surface area contributed by atoms with E-state index in [9.17, 15) is 14.7 Å². The second-order valence-corrected chi connectivity index (χ2v) is 4.38. The number of aliphatic carboxylic acids is 1. The smallest absolute Gasteiger partial charge is 0.303 e. The molecular formula is C12H14ClNO4. The molecule has 0 aliphatic rings. The highest BCUT2D eigenvalue weighted by Gasteiger charge is 2.14. The van der Waals surface area contributed by atoms with Gasteiger partial charge in [-0.2, -0.15) is 0 Å². The quantitative estimate of drug-likeness (QED) is 0.765. The molecule has 0 aliphatic carbocycles. The highest BCUT2D eigenvalue weighted by atomic mass is 35.5. The number of carbonyl (C=O) groups is 2. The standard InChI is InChI=1S/C12H14ClNO4/c1-7(2-5-11(16)17)14-12(18)9-6-8(15)3-4-10(9)13/h3-4,6-7,15H,2,5H2,1H3,(H,14,18)(H,16,17). The van der Waals surface area contributed by atoms with Gasteiger partial charge in [-0.25, -0.2) is 0 Å². The maximum atomic E-state index is 11.8. The first-order valence-corrected chi connectivity index (χ1v) is 5.79. The third-order valence-electron chi connectivity index (χ3n) is 2.36. The molecule has 0 heterocycles. The van der Waals surface area contributed by atoms with Crippen LogP contribution in [-0.4, -0.2) is 28.1 Å². The molecule has 5 nitrogen and oxygen atoms in total. The van der Waals surface area contributed by atoms with Gasteiger partial charge in [0.2, 0.25) is 0 Å². The highest BCUT2D eigenvalue weighted by molar-refractivity contribution is 6.33. The number of phenols is 1. The van der Waals surface area contributed by atoms with Gasteiger partial charge in [-0.05, 0) is 31.5 Å². The van der Waals surface area contributed by atoms with E-state index in [1.54, 1.807) is 6.92 Å². The normalized spacial score (nSPS) is 11.9. The fourth-order valence-electron chi connectivity index (χ4n) is 1.40. The monoisotopic (exact) mass is 271 g/mol. The molecule has 98 valence electrons. The summed E-state index contributed by atoms with van der Waals surface area (Å²) in [6.07, 6.45) is 0.312. The van der Waals surface area contributed by atoms with Crippen molar-refractivity contribution in [1.29, 1.82) is 0 Å². The largest absolute Gasteiger partial charge is 0.508 e. The number of carbonyl (C=O) groups excluding carboxylic acids is 1. The van der Waals surface area contributed by atoms with E-state index in [0.29, 0.717) is 6.42 Å². The van der Waals surface area contributed by atoms with E-state index < -0.39 is 11.9 Å². The molecular weight excluding hydrogens is 258 g/mol. The topological polar surface area (TPSA) is 86.6 Å². The summed E-state index contributed by atoms with van der Waals surface area (Å²) in [6, 6.07) is 3.79. The average Bonchev–Trinajstić information content (AvgIpc) is 2.29. The molecule has 0 bridgehead atoms. The van der Waals surface area contributed by atoms with Gasteiger partial charge < -0.3 is 15.5 Å². The van der Waals surface area contributed by atoms with Crippen molar-refractivity contribution in [2.45, 2.75) is 25.8 Å². The number of carboxylic acids is 1. The lowest BCUT2D eigenvalue weighted by molar-refractivity contribution is -0.137. The van der Waals surface area contributed by atoms with Crippen molar-refractivity contribution >= 4 is 23.5 Å². The van der Waals surface area contributed by atoms with E-state index in [1.165, 1.54) is 18.2 Å². The summed E-state index contributed by atoms with van der Waals surface area (Å²) < 4.78 is 0. The van der Waals surface area contributed by atoms with E-state index in [0.717, 1.165) is 0 Å². The molecule has 1 rings (SSSR count). The van der Waals surface area contributed by atoms with Crippen molar-refractivity contribution in [2.24, 2.45) is 0 Å². The summed E-state index contributed by atoms with van der Waals surface area (Å²) in [5, 5.41) is 20.7. The summed E-state index contributed by atoms with van der Waals surface area (Å²) in [4.78, 5) is 22.2. The van der Waals surface area contributed by atoms with Crippen LogP contribution in [0.3, 0.4) is 0 Å². The molecule has 0 saturated heterocycles. The number of rotatable bonds is 5. The Labute approximate surface area is 109 Å². The summed E-state index contributed by atoms with van der Waals surface area (Å²) in [6.45, 7) is 1.71. The number of amides is 1. The van der Waals surface area contributed by atoms with Crippen LogP contribution in [0.15, 0.2) is 18.2 Å². The van der Waals surface area contributed by atoms with Crippen LogP contribution in [0.4, 0.5) is 0 Å². The summed E-state index contributed by atoms with van der Waals surface area (Å²) >= 11 is 5.84. The predicted molar refractivity (Wildman–Crippen MR) is 66.9 cm³/mol. The van der Waals surface area contributed by atoms with Crippen molar-refractivity contribution in [2.75, 3.05) is 0 Å². The zero-order valence-corrected chi connectivity index (χ0v) is 10.6. The lowest BCUT2D eigenvalue weighted by atomic mass is 10.1. The summed E-state index contributed by atoms with van der Waals surface area (Å²) in [5.41, 5.74) is 0.166. The maximum absolute atomic E-state index is 11.8. The Kier molecular flexibility index (Phi) is 4.97. The lowest BCUT2D eigenvalue weighted by Gasteiger charge is -2.13. The Balaban J connectivity index is 2.64. The molecule has 18 heavy (non-hydrogen) atoms. The second-order valence-electron chi connectivity index (χ2n) is 3.97. The minimum absolute atomic E-state index is 0.0186. The molecule has 0 spiro atoms. The van der Waals surface area contributed by atoms with Crippen LogP contribution in [0.2, 0.25) is 5.02 Å². The molecule has 1 atom stereocenters. The van der Waals surface area contributed by atoms with Crippen LogP contribution in [0.1, 0.15) is 30.1 Å². The molecule has 1 aromatic rings. The zero-order chi connectivity index (χ0) is 13.7. The first-order chi connectivity index (χ1) is 8.40. The zero-order valence-electron chi connectivity index (χ0n) is 9.81. The Bertz CT molecular complexity index is 461. The number of phenolic OH excluding ortho intramolecular Hbond substituents is 1. The van der Waals surface area contributed by atoms with Gasteiger partial charge in [-0.3, -0.25) is 9.59 Å². The molecule has 1 amide bonds. The Hall–Kier alpha value is -1.75. The van der Waals surface area contributed by atoms with Crippen LogP contribution in [0.5, 0.6) is 5.75 Å². The predicted octanol–water partition coefficient (Wildman–Crippen LogP) is 2.03. The van der Waals surface area contributed by atoms with Gasteiger partial charge in [0.15, 0.2) is 0 Å². The third-order valence-corrected chi connectivity index (χ3v) is 2.69. The van der Waals surface area contributed by atoms with Crippen LogP contribution in [0.25, 0.3) is 0 Å². The summed E-state index contributed by atoms with van der Waals surface area (Å²) in [7, 11) is 0. The Morgan fingerprint density at radius 1 is 1.44 bits per heavy atom. The van der Waals surface area contributed by atoms with Crippen molar-refractivity contribution in [3.8, 4) is 5.75 Å². The van der Waals surface area contributed by atoms with Gasteiger partial charge in [-0.1, -0.05) is 11.6 Å². The number of hydrogen-bond acceptors (Lipinski definition) is 3. The number of halogens is 1. The number of aromatic hydroxyl groups is 1. The molecule has 0 fully saturated rings. The van der Waals surface area contributed by atoms with Crippen LogP contribution < -0.4 is 5.32 Å². The molecule has 0 radical (unpaired) electrons. The van der Waals surface area contributed by atoms with Gasteiger partial charge >= 0.3 is 5.97 Å². The van der Waals surface area contributed by atoms with Gasteiger partial charge in [0.1, 0.15) is 5.75 Å².